The molecule has 1 N–H and O–H groups in total. The van der Waals surface area contributed by atoms with Gasteiger partial charge in [0.1, 0.15) is 17.9 Å². The lowest BCUT2D eigenvalue weighted by atomic mass is 10.0. The number of rotatable bonds is 5. The van der Waals surface area contributed by atoms with Crippen LogP contribution in [0.25, 0.3) is 15.7 Å². The first-order valence-corrected chi connectivity index (χ1v) is 9.70. The number of hydrogen-bond donors (Lipinski definition) is 1. The molecule has 0 radical (unpaired) electrons. The quantitative estimate of drug-likeness (QED) is 0.579. The smallest absolute Gasteiger partial charge is 0.291 e. The van der Waals surface area contributed by atoms with Crippen LogP contribution in [0.4, 0.5) is 0 Å². The van der Waals surface area contributed by atoms with Crippen LogP contribution in [-0.4, -0.2) is 26.6 Å². The molecule has 0 spiro atoms. The normalized spacial score (nSPS) is 12.5. The molecule has 3 heterocycles. The van der Waals surface area contributed by atoms with E-state index in [2.05, 4.69) is 17.3 Å². The zero-order valence-electron chi connectivity index (χ0n) is 15.2. The molecule has 1 atom stereocenters. The highest BCUT2D eigenvalue weighted by Crippen LogP contribution is 2.24. The predicted octanol–water partition coefficient (Wildman–Crippen LogP) is 2.94. The predicted molar refractivity (Wildman–Crippen MR) is 107 cm³/mol. The van der Waals surface area contributed by atoms with Gasteiger partial charge >= 0.3 is 0 Å². The van der Waals surface area contributed by atoms with Crippen LogP contribution in [0.15, 0.2) is 52.6 Å². The zero-order valence-corrected chi connectivity index (χ0v) is 16.0. The summed E-state index contributed by atoms with van der Waals surface area (Å²) in [7, 11) is 0. The number of aromatic nitrogens is 3. The summed E-state index contributed by atoms with van der Waals surface area (Å²) in [4.78, 5) is 25.1. The summed E-state index contributed by atoms with van der Waals surface area (Å²) >= 11 is 1.58. The molecular weight excluding hydrogens is 360 g/mol. The molecule has 3 aromatic heterocycles. The maximum atomic E-state index is 12.7. The van der Waals surface area contributed by atoms with E-state index in [4.69, 9.17) is 0 Å². The number of carbonyl (C=O) groups excluding carboxylic acids is 1. The standard InChI is InChI=1S/C20H20N4O2S/c1-13(15-6-4-3-5-7-15)11-21-19(25)12-23-20(26)17-10-18-16(8-9-27-18)24(17)14(2)22-23/h3-10,13H,11-12H2,1-2H3,(H,21,25)/t13-/m1/s1. The van der Waals surface area contributed by atoms with Crippen LogP contribution in [0, 0.1) is 6.92 Å². The fraction of sp³-hybridized carbons (Fsp3) is 0.250. The van der Waals surface area contributed by atoms with Gasteiger partial charge in [0.15, 0.2) is 0 Å². The lowest BCUT2D eigenvalue weighted by Gasteiger charge is -2.13. The highest BCUT2D eigenvalue weighted by atomic mass is 32.1. The maximum Gasteiger partial charge on any atom is 0.291 e. The van der Waals surface area contributed by atoms with E-state index in [1.807, 2.05) is 59.2 Å². The summed E-state index contributed by atoms with van der Waals surface area (Å²) in [6.45, 7) is 4.33. The molecule has 0 aliphatic heterocycles. The number of aryl methyl sites for hydroxylation is 1. The van der Waals surface area contributed by atoms with Gasteiger partial charge in [-0.3, -0.25) is 14.0 Å². The van der Waals surface area contributed by atoms with E-state index in [-0.39, 0.29) is 23.9 Å². The molecular formula is C20H20N4O2S. The third-order valence-corrected chi connectivity index (χ3v) is 5.59. The Labute approximate surface area is 160 Å². The van der Waals surface area contributed by atoms with Gasteiger partial charge in [0, 0.05) is 6.54 Å². The molecule has 27 heavy (non-hydrogen) atoms. The minimum Gasteiger partial charge on any atom is -0.354 e. The number of nitrogens with one attached hydrogen (secondary N) is 1. The van der Waals surface area contributed by atoms with Crippen molar-refractivity contribution in [1.82, 2.24) is 19.5 Å². The molecule has 0 aliphatic rings. The highest BCUT2D eigenvalue weighted by Gasteiger charge is 2.15. The monoisotopic (exact) mass is 380 g/mol. The second-order valence-electron chi connectivity index (χ2n) is 6.66. The van der Waals surface area contributed by atoms with Crippen molar-refractivity contribution in [3.05, 3.63) is 69.6 Å². The van der Waals surface area contributed by atoms with Crippen molar-refractivity contribution >= 4 is 33.0 Å². The number of amides is 1. The van der Waals surface area contributed by atoms with Crippen molar-refractivity contribution in [2.45, 2.75) is 26.3 Å². The van der Waals surface area contributed by atoms with Crippen molar-refractivity contribution < 1.29 is 4.79 Å². The van der Waals surface area contributed by atoms with E-state index in [9.17, 15) is 9.59 Å². The number of hydrogen-bond acceptors (Lipinski definition) is 4. The van der Waals surface area contributed by atoms with E-state index in [1.165, 1.54) is 10.2 Å². The van der Waals surface area contributed by atoms with Crippen molar-refractivity contribution in [3.63, 3.8) is 0 Å². The van der Waals surface area contributed by atoms with Crippen molar-refractivity contribution in [2.24, 2.45) is 0 Å². The molecule has 7 heteroatoms. The maximum absolute atomic E-state index is 12.7. The molecule has 0 fully saturated rings. The number of carbonyl (C=O) groups is 1. The molecule has 1 aromatic carbocycles. The van der Waals surface area contributed by atoms with Crippen LogP contribution >= 0.6 is 11.3 Å². The van der Waals surface area contributed by atoms with E-state index in [0.717, 1.165) is 10.2 Å². The number of nitrogens with zero attached hydrogens (tertiary/aromatic N) is 3. The van der Waals surface area contributed by atoms with Gasteiger partial charge in [-0.05, 0) is 35.9 Å². The SMILES string of the molecule is Cc1nn(CC(=O)NC[C@@H](C)c2ccccc2)c(=O)c2cc3sccc3n12. The average molecular weight is 380 g/mol. The third-order valence-electron chi connectivity index (χ3n) is 4.73. The van der Waals surface area contributed by atoms with Crippen molar-refractivity contribution in [3.8, 4) is 0 Å². The van der Waals surface area contributed by atoms with Crippen LogP contribution < -0.4 is 10.9 Å². The first-order valence-electron chi connectivity index (χ1n) is 8.82. The Morgan fingerprint density at radius 2 is 2.00 bits per heavy atom. The van der Waals surface area contributed by atoms with Gasteiger partial charge in [0.2, 0.25) is 5.91 Å². The fourth-order valence-corrected chi connectivity index (χ4v) is 4.10. The Morgan fingerprint density at radius 3 is 2.78 bits per heavy atom. The number of benzene rings is 1. The van der Waals surface area contributed by atoms with Gasteiger partial charge in [0.05, 0.1) is 10.2 Å². The van der Waals surface area contributed by atoms with Crippen LogP contribution in [0.5, 0.6) is 0 Å². The second-order valence-corrected chi connectivity index (χ2v) is 7.61. The molecule has 4 rings (SSSR count). The van der Waals surface area contributed by atoms with Crippen molar-refractivity contribution in [1.29, 1.82) is 0 Å². The Bertz CT molecular complexity index is 1170. The largest absolute Gasteiger partial charge is 0.354 e. The van der Waals surface area contributed by atoms with Gasteiger partial charge in [0.25, 0.3) is 5.56 Å². The lowest BCUT2D eigenvalue weighted by molar-refractivity contribution is -0.121. The van der Waals surface area contributed by atoms with Gasteiger partial charge in [-0.1, -0.05) is 37.3 Å². The fourth-order valence-electron chi connectivity index (χ4n) is 3.29. The Balaban J connectivity index is 1.52. The van der Waals surface area contributed by atoms with E-state index in [1.54, 1.807) is 11.3 Å². The van der Waals surface area contributed by atoms with E-state index >= 15 is 0 Å². The minimum absolute atomic E-state index is 0.0868. The zero-order chi connectivity index (χ0) is 19.0. The summed E-state index contributed by atoms with van der Waals surface area (Å²) in [6.07, 6.45) is 0. The van der Waals surface area contributed by atoms with Gasteiger partial charge in [-0.2, -0.15) is 5.10 Å². The lowest BCUT2D eigenvalue weighted by Crippen LogP contribution is -2.36. The van der Waals surface area contributed by atoms with E-state index < -0.39 is 0 Å². The van der Waals surface area contributed by atoms with Crippen LogP contribution in [0.2, 0.25) is 0 Å². The summed E-state index contributed by atoms with van der Waals surface area (Å²) < 4.78 is 4.13. The van der Waals surface area contributed by atoms with Crippen LogP contribution in [0.3, 0.4) is 0 Å². The molecule has 0 bridgehead atoms. The Morgan fingerprint density at radius 1 is 1.22 bits per heavy atom. The molecule has 0 saturated heterocycles. The van der Waals surface area contributed by atoms with E-state index in [0.29, 0.717) is 17.9 Å². The number of thiophene rings is 1. The average Bonchev–Trinajstić information content (AvgIpc) is 3.26. The first kappa shape index (κ1) is 17.5. The summed E-state index contributed by atoms with van der Waals surface area (Å²) in [5.74, 6) is 0.661. The molecule has 0 aliphatic carbocycles. The molecule has 1 amide bonds. The highest BCUT2D eigenvalue weighted by molar-refractivity contribution is 7.17. The minimum atomic E-state index is -0.254. The summed E-state index contributed by atoms with van der Waals surface area (Å²) in [5, 5.41) is 9.23. The molecule has 0 saturated carbocycles. The molecule has 0 unspecified atom stereocenters. The Kier molecular flexibility index (Phi) is 4.53. The van der Waals surface area contributed by atoms with Crippen LogP contribution in [-0.2, 0) is 11.3 Å². The van der Waals surface area contributed by atoms with Crippen molar-refractivity contribution in [2.75, 3.05) is 6.54 Å². The Hall–Kier alpha value is -2.93. The molecule has 138 valence electrons. The third kappa shape index (κ3) is 3.26. The summed E-state index contributed by atoms with van der Waals surface area (Å²) in [5.41, 5.74) is 2.44. The van der Waals surface area contributed by atoms with Crippen LogP contribution in [0.1, 0.15) is 24.2 Å². The van der Waals surface area contributed by atoms with Gasteiger partial charge < -0.3 is 5.32 Å². The molecule has 4 aromatic rings. The first-order chi connectivity index (χ1) is 13.0. The molecule has 6 nitrogen and oxygen atoms in total. The second kappa shape index (κ2) is 7.00. The topological polar surface area (TPSA) is 68.4 Å². The summed E-state index contributed by atoms with van der Waals surface area (Å²) in [6, 6.07) is 13.9. The number of fused-ring (bicyclic) bond motifs is 3. The van der Waals surface area contributed by atoms with Gasteiger partial charge in [-0.25, -0.2) is 4.68 Å². The van der Waals surface area contributed by atoms with Gasteiger partial charge in [-0.15, -0.1) is 11.3 Å².